The molecule has 0 saturated carbocycles. The van der Waals surface area contributed by atoms with Crippen LogP contribution in [0, 0.1) is 11.3 Å². The van der Waals surface area contributed by atoms with Crippen LogP contribution < -0.4 is 10.3 Å². The van der Waals surface area contributed by atoms with Gasteiger partial charge in [0.15, 0.2) is 5.16 Å². The van der Waals surface area contributed by atoms with Gasteiger partial charge < -0.3 is 9.64 Å². The van der Waals surface area contributed by atoms with E-state index < -0.39 is 0 Å². The number of hydrogen-bond donors (Lipinski definition) is 0. The number of rotatable bonds is 7. The number of ether oxygens (including phenoxy) is 1. The number of carbonyl (C=O) groups excluding carboxylic acids is 1. The highest BCUT2D eigenvalue weighted by Gasteiger charge is 2.16. The summed E-state index contributed by atoms with van der Waals surface area (Å²) in [6, 6.07) is 16.3. The number of thioether (sulfide) groups is 1. The molecule has 0 atom stereocenters. The molecule has 2 aromatic carbocycles. The summed E-state index contributed by atoms with van der Waals surface area (Å²) in [7, 11) is 3.22. The highest BCUT2D eigenvalue weighted by Crippen LogP contribution is 2.23. The summed E-state index contributed by atoms with van der Waals surface area (Å²) in [5, 5.41) is 9.61. The van der Waals surface area contributed by atoms with E-state index in [4.69, 9.17) is 10.00 Å². The molecule has 3 rings (SSSR count). The average Bonchev–Trinajstić information content (AvgIpc) is 2.75. The number of hydrogen-bond acceptors (Lipinski definition) is 6. The summed E-state index contributed by atoms with van der Waals surface area (Å²) >= 11 is 1.19. The Balaban J connectivity index is 2.02. The first-order valence-electron chi connectivity index (χ1n) is 8.95. The van der Waals surface area contributed by atoms with Crippen molar-refractivity contribution >= 4 is 28.6 Å². The van der Waals surface area contributed by atoms with Gasteiger partial charge in [0.05, 0.1) is 41.9 Å². The predicted molar refractivity (Wildman–Crippen MR) is 112 cm³/mol. The van der Waals surface area contributed by atoms with E-state index in [1.807, 2.05) is 12.1 Å². The molecule has 3 aromatic rings. The van der Waals surface area contributed by atoms with Crippen molar-refractivity contribution in [1.82, 2.24) is 14.5 Å². The maximum absolute atomic E-state index is 13.2. The minimum atomic E-state index is -0.211. The van der Waals surface area contributed by atoms with Crippen LogP contribution in [0.2, 0.25) is 0 Å². The molecule has 0 aliphatic heterocycles. The molecule has 148 valence electrons. The zero-order valence-electron chi connectivity index (χ0n) is 16.2. The topological polar surface area (TPSA) is 88.2 Å². The lowest BCUT2D eigenvalue weighted by Gasteiger charge is -2.17. The Labute approximate surface area is 172 Å². The lowest BCUT2D eigenvalue weighted by Crippen LogP contribution is -2.29. The highest BCUT2D eigenvalue weighted by molar-refractivity contribution is 7.99. The van der Waals surface area contributed by atoms with E-state index in [0.717, 1.165) is 0 Å². The summed E-state index contributed by atoms with van der Waals surface area (Å²) in [6.45, 7) is 0.365. The number of amides is 1. The third kappa shape index (κ3) is 4.58. The van der Waals surface area contributed by atoms with Gasteiger partial charge in [0, 0.05) is 19.7 Å². The Hall–Kier alpha value is -3.31. The van der Waals surface area contributed by atoms with Gasteiger partial charge in [-0.15, -0.1) is 0 Å². The number of nitrogens with zero attached hydrogens (tertiary/aromatic N) is 4. The standard InChI is InChI=1S/C21H20N4O3S/c1-24(12-6-11-22)19(26)14-29-21-23-18-10-4-3-9-17(18)20(27)25(21)15-7-5-8-16(13-15)28-2/h3-5,7-10,13H,6,12,14H2,1-2H3. The van der Waals surface area contributed by atoms with Gasteiger partial charge in [-0.25, -0.2) is 4.98 Å². The second kappa shape index (κ2) is 9.26. The molecule has 1 heterocycles. The minimum Gasteiger partial charge on any atom is -0.497 e. The molecule has 8 heteroatoms. The Morgan fingerprint density at radius 3 is 2.83 bits per heavy atom. The molecule has 0 radical (unpaired) electrons. The van der Waals surface area contributed by atoms with Crippen LogP contribution >= 0.6 is 11.8 Å². The first kappa shape index (κ1) is 20.4. The fourth-order valence-corrected chi connectivity index (χ4v) is 3.72. The SMILES string of the molecule is COc1cccc(-n2c(SCC(=O)N(C)CCC#N)nc3ccccc3c2=O)c1. The maximum Gasteiger partial charge on any atom is 0.266 e. The molecule has 0 N–H and O–H groups in total. The van der Waals surface area contributed by atoms with Crippen LogP contribution in [0.15, 0.2) is 58.5 Å². The van der Waals surface area contributed by atoms with Gasteiger partial charge in [0.1, 0.15) is 5.75 Å². The van der Waals surface area contributed by atoms with Crippen molar-refractivity contribution < 1.29 is 9.53 Å². The van der Waals surface area contributed by atoms with Crippen molar-refractivity contribution in [3.8, 4) is 17.5 Å². The van der Waals surface area contributed by atoms with Crippen molar-refractivity contribution in [3.05, 3.63) is 58.9 Å². The lowest BCUT2D eigenvalue weighted by atomic mass is 10.2. The summed E-state index contributed by atoms with van der Waals surface area (Å²) in [6.07, 6.45) is 0.273. The van der Waals surface area contributed by atoms with Crippen LogP contribution in [0.3, 0.4) is 0 Å². The van der Waals surface area contributed by atoms with E-state index in [1.54, 1.807) is 56.6 Å². The summed E-state index contributed by atoms with van der Waals surface area (Å²) in [5.41, 5.74) is 0.974. The van der Waals surface area contributed by atoms with Crippen molar-refractivity contribution in [2.45, 2.75) is 11.6 Å². The Morgan fingerprint density at radius 1 is 1.28 bits per heavy atom. The van der Waals surface area contributed by atoms with E-state index in [0.29, 0.717) is 34.0 Å². The number of fused-ring (bicyclic) bond motifs is 1. The van der Waals surface area contributed by atoms with Gasteiger partial charge in [0.25, 0.3) is 5.56 Å². The molecule has 1 aromatic heterocycles. The van der Waals surface area contributed by atoms with Crippen LogP contribution in [0.5, 0.6) is 5.75 Å². The largest absolute Gasteiger partial charge is 0.497 e. The first-order valence-corrected chi connectivity index (χ1v) is 9.93. The van der Waals surface area contributed by atoms with E-state index >= 15 is 0 Å². The van der Waals surface area contributed by atoms with Gasteiger partial charge in [-0.1, -0.05) is 30.0 Å². The Bertz CT molecular complexity index is 1140. The molecule has 0 saturated heterocycles. The van der Waals surface area contributed by atoms with Crippen LogP contribution in [0.4, 0.5) is 0 Å². The molecule has 0 bridgehead atoms. The van der Waals surface area contributed by atoms with Crippen molar-refractivity contribution in [2.24, 2.45) is 0 Å². The lowest BCUT2D eigenvalue weighted by molar-refractivity contribution is -0.127. The van der Waals surface area contributed by atoms with Gasteiger partial charge in [0.2, 0.25) is 5.91 Å². The molecule has 0 spiro atoms. The van der Waals surface area contributed by atoms with Gasteiger partial charge in [-0.3, -0.25) is 14.2 Å². The Morgan fingerprint density at radius 2 is 2.07 bits per heavy atom. The van der Waals surface area contributed by atoms with E-state index in [-0.39, 0.29) is 23.6 Å². The Kier molecular flexibility index (Phi) is 6.52. The molecule has 0 aliphatic carbocycles. The number of nitriles is 1. The fraction of sp³-hybridized carbons (Fsp3) is 0.238. The minimum absolute atomic E-state index is 0.108. The second-order valence-corrected chi connectivity index (χ2v) is 7.21. The highest BCUT2D eigenvalue weighted by atomic mass is 32.2. The molecule has 7 nitrogen and oxygen atoms in total. The van der Waals surface area contributed by atoms with Crippen LogP contribution in [0.1, 0.15) is 6.42 Å². The zero-order valence-corrected chi connectivity index (χ0v) is 17.0. The van der Waals surface area contributed by atoms with E-state index in [2.05, 4.69) is 4.98 Å². The number of aromatic nitrogens is 2. The molecule has 0 unspecified atom stereocenters. The fourth-order valence-electron chi connectivity index (χ4n) is 2.77. The first-order chi connectivity index (χ1) is 14.0. The summed E-state index contributed by atoms with van der Waals surface area (Å²) in [4.78, 5) is 31.7. The number of para-hydroxylation sites is 1. The maximum atomic E-state index is 13.2. The van der Waals surface area contributed by atoms with Crippen molar-refractivity contribution in [3.63, 3.8) is 0 Å². The number of methoxy groups -OCH3 is 1. The van der Waals surface area contributed by atoms with Crippen LogP contribution in [-0.4, -0.2) is 46.8 Å². The third-order valence-electron chi connectivity index (χ3n) is 4.37. The van der Waals surface area contributed by atoms with Gasteiger partial charge >= 0.3 is 0 Å². The van der Waals surface area contributed by atoms with Crippen LogP contribution in [0.25, 0.3) is 16.6 Å². The van der Waals surface area contributed by atoms with Crippen molar-refractivity contribution in [2.75, 3.05) is 26.5 Å². The predicted octanol–water partition coefficient (Wildman–Crippen LogP) is 2.86. The zero-order chi connectivity index (χ0) is 20.8. The summed E-state index contributed by atoms with van der Waals surface area (Å²) in [5.74, 6) is 0.590. The normalized spacial score (nSPS) is 10.5. The molecule has 0 fully saturated rings. The van der Waals surface area contributed by atoms with Crippen molar-refractivity contribution in [1.29, 1.82) is 5.26 Å². The smallest absolute Gasteiger partial charge is 0.266 e. The van der Waals surface area contributed by atoms with E-state index in [1.165, 1.54) is 21.2 Å². The third-order valence-corrected chi connectivity index (χ3v) is 5.29. The number of benzene rings is 2. The average molecular weight is 408 g/mol. The van der Waals surface area contributed by atoms with Gasteiger partial charge in [-0.2, -0.15) is 5.26 Å². The summed E-state index contributed by atoms with van der Waals surface area (Å²) < 4.78 is 6.78. The quantitative estimate of drug-likeness (QED) is 0.441. The second-order valence-electron chi connectivity index (χ2n) is 6.27. The molecular formula is C21H20N4O3S. The monoisotopic (exact) mass is 408 g/mol. The van der Waals surface area contributed by atoms with Gasteiger partial charge in [-0.05, 0) is 24.3 Å². The van der Waals surface area contributed by atoms with Crippen LogP contribution in [-0.2, 0) is 4.79 Å². The molecule has 29 heavy (non-hydrogen) atoms. The molecule has 1 amide bonds. The molecule has 0 aliphatic rings. The van der Waals surface area contributed by atoms with E-state index in [9.17, 15) is 9.59 Å². The molecular weight excluding hydrogens is 388 g/mol. The number of carbonyl (C=O) groups is 1.